The van der Waals surface area contributed by atoms with Crippen LogP contribution in [0.2, 0.25) is 0 Å². The van der Waals surface area contributed by atoms with Crippen molar-refractivity contribution in [2.24, 2.45) is 0 Å². The van der Waals surface area contributed by atoms with Crippen molar-refractivity contribution >= 4 is 0 Å². The average molecular weight is 220 g/mol. The molecule has 0 bridgehead atoms. The Balaban J connectivity index is 1.82. The molecule has 3 nitrogen and oxygen atoms in total. The topological polar surface area (TPSA) is 34.1 Å². The third kappa shape index (κ3) is 2.42. The van der Waals surface area contributed by atoms with Crippen molar-refractivity contribution in [3.63, 3.8) is 0 Å². The number of hydrogen-bond donors (Lipinski definition) is 1. The van der Waals surface area contributed by atoms with Crippen LogP contribution < -0.4 is 5.32 Å². The molecule has 1 aromatic heterocycles. The lowest BCUT2D eigenvalue weighted by molar-refractivity contribution is -0.0695. The van der Waals surface area contributed by atoms with Crippen molar-refractivity contribution in [3.8, 4) is 0 Å². The monoisotopic (exact) mass is 220 g/mol. The molecule has 3 heteroatoms. The number of nitrogens with one attached hydrogen (secondary N) is 1. The SMILES string of the molecule is COC1(CNCc2cnccc2C)CCC1. The highest BCUT2D eigenvalue weighted by Crippen LogP contribution is 2.34. The van der Waals surface area contributed by atoms with Gasteiger partial charge in [-0.05, 0) is 43.4 Å². The van der Waals surface area contributed by atoms with E-state index in [2.05, 4.69) is 17.2 Å². The molecule has 0 saturated heterocycles. The summed E-state index contributed by atoms with van der Waals surface area (Å²) in [6.45, 7) is 3.94. The molecule has 2 rings (SSSR count). The quantitative estimate of drug-likeness (QED) is 0.824. The Hall–Kier alpha value is -0.930. The predicted molar refractivity (Wildman–Crippen MR) is 64.3 cm³/mol. The van der Waals surface area contributed by atoms with Gasteiger partial charge in [0, 0.05) is 32.6 Å². The standard InChI is InChI=1S/C13H20N2O/c1-11-4-7-14-8-12(11)9-15-10-13(16-2)5-3-6-13/h4,7-8,15H,3,5-6,9-10H2,1-2H3. The van der Waals surface area contributed by atoms with E-state index in [1.165, 1.54) is 30.4 Å². The fourth-order valence-electron chi connectivity index (χ4n) is 2.13. The Bertz CT molecular complexity index is 342. The van der Waals surface area contributed by atoms with Crippen molar-refractivity contribution in [3.05, 3.63) is 29.6 Å². The van der Waals surface area contributed by atoms with Gasteiger partial charge in [-0.15, -0.1) is 0 Å². The predicted octanol–water partition coefficient (Wildman–Crippen LogP) is 2.05. The van der Waals surface area contributed by atoms with Crippen LogP contribution in [0, 0.1) is 6.92 Å². The minimum absolute atomic E-state index is 0.107. The Kier molecular flexibility index (Phi) is 3.56. The normalized spacial score (nSPS) is 18.1. The van der Waals surface area contributed by atoms with E-state index in [-0.39, 0.29) is 5.60 Å². The Morgan fingerprint density at radius 3 is 2.88 bits per heavy atom. The molecular weight excluding hydrogens is 200 g/mol. The first-order valence-electron chi connectivity index (χ1n) is 5.91. The maximum atomic E-state index is 5.56. The van der Waals surface area contributed by atoms with Crippen LogP contribution >= 0.6 is 0 Å². The van der Waals surface area contributed by atoms with E-state index >= 15 is 0 Å². The summed E-state index contributed by atoms with van der Waals surface area (Å²) in [5.41, 5.74) is 2.67. The summed E-state index contributed by atoms with van der Waals surface area (Å²) in [5.74, 6) is 0. The van der Waals surface area contributed by atoms with Crippen LogP contribution in [0.25, 0.3) is 0 Å². The summed E-state index contributed by atoms with van der Waals surface area (Å²) in [6, 6.07) is 2.05. The first-order valence-corrected chi connectivity index (χ1v) is 5.91. The molecule has 0 amide bonds. The molecule has 1 N–H and O–H groups in total. The number of aryl methyl sites for hydroxylation is 1. The molecule has 0 spiro atoms. The number of aromatic nitrogens is 1. The second-order valence-corrected chi connectivity index (χ2v) is 4.65. The zero-order valence-electron chi connectivity index (χ0n) is 10.1. The minimum atomic E-state index is 0.107. The molecule has 0 atom stereocenters. The second-order valence-electron chi connectivity index (χ2n) is 4.65. The summed E-state index contributed by atoms with van der Waals surface area (Å²) in [5, 5.41) is 3.47. The molecular formula is C13H20N2O. The minimum Gasteiger partial charge on any atom is -0.377 e. The van der Waals surface area contributed by atoms with Crippen molar-refractivity contribution < 1.29 is 4.74 Å². The van der Waals surface area contributed by atoms with Crippen LogP contribution in [0.1, 0.15) is 30.4 Å². The van der Waals surface area contributed by atoms with Gasteiger partial charge in [-0.2, -0.15) is 0 Å². The maximum Gasteiger partial charge on any atom is 0.0802 e. The third-order valence-corrected chi connectivity index (χ3v) is 3.61. The van der Waals surface area contributed by atoms with Gasteiger partial charge in [0.1, 0.15) is 0 Å². The van der Waals surface area contributed by atoms with E-state index in [1.54, 1.807) is 0 Å². The number of hydrogen-bond acceptors (Lipinski definition) is 3. The highest BCUT2D eigenvalue weighted by molar-refractivity contribution is 5.21. The average Bonchev–Trinajstić information content (AvgIpc) is 2.25. The van der Waals surface area contributed by atoms with E-state index in [1.807, 2.05) is 25.6 Å². The number of rotatable bonds is 5. The first-order chi connectivity index (χ1) is 7.76. The lowest BCUT2D eigenvalue weighted by atomic mass is 9.80. The highest BCUT2D eigenvalue weighted by atomic mass is 16.5. The van der Waals surface area contributed by atoms with E-state index in [4.69, 9.17) is 4.74 Å². The van der Waals surface area contributed by atoms with Gasteiger partial charge in [-0.3, -0.25) is 4.98 Å². The van der Waals surface area contributed by atoms with Gasteiger partial charge in [-0.25, -0.2) is 0 Å². The van der Waals surface area contributed by atoms with Gasteiger partial charge >= 0.3 is 0 Å². The summed E-state index contributed by atoms with van der Waals surface area (Å²) < 4.78 is 5.56. The van der Waals surface area contributed by atoms with Gasteiger partial charge in [0.15, 0.2) is 0 Å². The molecule has 1 aliphatic carbocycles. The van der Waals surface area contributed by atoms with E-state index in [0.29, 0.717) is 0 Å². The van der Waals surface area contributed by atoms with Gasteiger partial charge in [0.2, 0.25) is 0 Å². The van der Waals surface area contributed by atoms with Crippen LogP contribution in [-0.2, 0) is 11.3 Å². The fourth-order valence-corrected chi connectivity index (χ4v) is 2.13. The van der Waals surface area contributed by atoms with E-state index in [9.17, 15) is 0 Å². The lowest BCUT2D eigenvalue weighted by Gasteiger charge is -2.40. The third-order valence-electron chi connectivity index (χ3n) is 3.61. The van der Waals surface area contributed by atoms with Crippen molar-refractivity contribution in [1.29, 1.82) is 0 Å². The van der Waals surface area contributed by atoms with Crippen molar-refractivity contribution in [2.45, 2.75) is 38.3 Å². The zero-order valence-corrected chi connectivity index (χ0v) is 10.1. The van der Waals surface area contributed by atoms with Gasteiger partial charge in [0.25, 0.3) is 0 Å². The fraction of sp³-hybridized carbons (Fsp3) is 0.615. The number of nitrogens with zero attached hydrogens (tertiary/aromatic N) is 1. The van der Waals surface area contributed by atoms with Crippen LogP contribution in [0.4, 0.5) is 0 Å². The molecule has 0 unspecified atom stereocenters. The molecule has 1 aromatic rings. The van der Waals surface area contributed by atoms with Crippen molar-refractivity contribution in [1.82, 2.24) is 10.3 Å². The van der Waals surface area contributed by atoms with Gasteiger partial charge in [0.05, 0.1) is 5.60 Å². The molecule has 88 valence electrons. The highest BCUT2D eigenvalue weighted by Gasteiger charge is 2.36. The van der Waals surface area contributed by atoms with Crippen LogP contribution in [0.3, 0.4) is 0 Å². The summed E-state index contributed by atoms with van der Waals surface area (Å²) in [4.78, 5) is 4.14. The van der Waals surface area contributed by atoms with E-state index < -0.39 is 0 Å². The smallest absolute Gasteiger partial charge is 0.0802 e. The largest absolute Gasteiger partial charge is 0.377 e. The lowest BCUT2D eigenvalue weighted by Crippen LogP contribution is -2.47. The molecule has 0 aromatic carbocycles. The Labute approximate surface area is 97.2 Å². The number of pyridine rings is 1. The molecule has 1 heterocycles. The summed E-state index contributed by atoms with van der Waals surface area (Å²) in [6.07, 6.45) is 7.43. The number of ether oxygens (including phenoxy) is 1. The Morgan fingerprint density at radius 2 is 2.31 bits per heavy atom. The van der Waals surface area contributed by atoms with Crippen LogP contribution in [0.15, 0.2) is 18.5 Å². The van der Waals surface area contributed by atoms with Crippen LogP contribution in [0.5, 0.6) is 0 Å². The molecule has 1 saturated carbocycles. The second kappa shape index (κ2) is 4.93. The maximum absolute atomic E-state index is 5.56. The molecule has 0 radical (unpaired) electrons. The van der Waals surface area contributed by atoms with Gasteiger partial charge in [-0.1, -0.05) is 0 Å². The van der Waals surface area contributed by atoms with Crippen molar-refractivity contribution in [2.75, 3.05) is 13.7 Å². The zero-order chi connectivity index (χ0) is 11.4. The van der Waals surface area contributed by atoms with E-state index in [0.717, 1.165) is 13.1 Å². The molecule has 1 aliphatic rings. The Morgan fingerprint density at radius 1 is 1.50 bits per heavy atom. The molecule has 0 aliphatic heterocycles. The van der Waals surface area contributed by atoms with Gasteiger partial charge < -0.3 is 10.1 Å². The molecule has 16 heavy (non-hydrogen) atoms. The molecule has 1 fully saturated rings. The number of methoxy groups -OCH3 is 1. The van der Waals surface area contributed by atoms with Crippen LogP contribution in [-0.4, -0.2) is 24.2 Å². The summed E-state index contributed by atoms with van der Waals surface area (Å²) in [7, 11) is 1.82. The summed E-state index contributed by atoms with van der Waals surface area (Å²) >= 11 is 0. The first kappa shape index (κ1) is 11.6.